The Hall–Kier alpha value is 0. The van der Waals surface area contributed by atoms with Gasteiger partial charge in [0.1, 0.15) is 0 Å². The molecule has 0 saturated heterocycles. The van der Waals surface area contributed by atoms with Crippen LogP contribution in [0.4, 0.5) is 0 Å². The van der Waals surface area contributed by atoms with E-state index < -0.39 is 0 Å². The summed E-state index contributed by atoms with van der Waals surface area (Å²) in [5, 5.41) is 0. The van der Waals surface area contributed by atoms with Crippen molar-refractivity contribution >= 4 is 0 Å². The van der Waals surface area contributed by atoms with Crippen LogP contribution in [0, 0.1) is 17.8 Å². The summed E-state index contributed by atoms with van der Waals surface area (Å²) in [4.78, 5) is 0. The first-order valence-electron chi connectivity index (χ1n) is 5.07. The van der Waals surface area contributed by atoms with Crippen molar-refractivity contribution in [3.05, 3.63) is 0 Å². The van der Waals surface area contributed by atoms with Gasteiger partial charge in [-0.25, -0.2) is 0 Å². The van der Waals surface area contributed by atoms with Crippen LogP contribution in [-0.2, 0) is 0 Å². The third-order valence-corrected chi connectivity index (χ3v) is 2.38. The zero-order valence-corrected chi connectivity index (χ0v) is 8.85. The van der Waals surface area contributed by atoms with E-state index in [9.17, 15) is 0 Å². The molecular formula is C11H24. The molecule has 0 bridgehead atoms. The van der Waals surface area contributed by atoms with E-state index in [4.69, 9.17) is 0 Å². The molecule has 0 aromatic rings. The number of hydrogen-bond donors (Lipinski definition) is 0. The summed E-state index contributed by atoms with van der Waals surface area (Å²) >= 11 is 0. The third kappa shape index (κ3) is 5.29. The maximum Gasteiger partial charge on any atom is -0.0389 e. The zero-order chi connectivity index (χ0) is 8.85. The van der Waals surface area contributed by atoms with Gasteiger partial charge < -0.3 is 0 Å². The molecule has 0 nitrogen and oxygen atoms in total. The SMILES string of the molecule is CCCC(CC(C)C)C(C)C. The van der Waals surface area contributed by atoms with Gasteiger partial charge in [0.2, 0.25) is 0 Å². The quantitative estimate of drug-likeness (QED) is 0.562. The Bertz CT molecular complexity index is 82.0. The van der Waals surface area contributed by atoms with E-state index >= 15 is 0 Å². The van der Waals surface area contributed by atoms with E-state index in [0.717, 1.165) is 17.8 Å². The highest BCUT2D eigenvalue weighted by molar-refractivity contribution is 4.64. The van der Waals surface area contributed by atoms with Crippen molar-refractivity contribution in [3.63, 3.8) is 0 Å². The predicted octanol–water partition coefficient (Wildman–Crippen LogP) is 4.10. The number of rotatable bonds is 5. The Labute approximate surface area is 72.4 Å². The lowest BCUT2D eigenvalue weighted by Gasteiger charge is -2.21. The Kier molecular flexibility index (Phi) is 5.62. The zero-order valence-electron chi connectivity index (χ0n) is 8.85. The topological polar surface area (TPSA) is 0 Å². The summed E-state index contributed by atoms with van der Waals surface area (Å²) in [5.41, 5.74) is 0. The van der Waals surface area contributed by atoms with Crippen molar-refractivity contribution in [1.82, 2.24) is 0 Å². The fourth-order valence-corrected chi connectivity index (χ4v) is 1.70. The molecule has 0 radical (unpaired) electrons. The molecule has 0 N–H and O–H groups in total. The van der Waals surface area contributed by atoms with Crippen LogP contribution in [0.1, 0.15) is 53.9 Å². The van der Waals surface area contributed by atoms with Crippen LogP contribution < -0.4 is 0 Å². The van der Waals surface area contributed by atoms with Gasteiger partial charge in [-0.05, 0) is 24.2 Å². The minimum absolute atomic E-state index is 0.869. The van der Waals surface area contributed by atoms with Crippen LogP contribution >= 0.6 is 0 Å². The fourth-order valence-electron chi connectivity index (χ4n) is 1.70. The van der Waals surface area contributed by atoms with E-state index in [2.05, 4.69) is 34.6 Å². The summed E-state index contributed by atoms with van der Waals surface area (Å²) in [6, 6.07) is 0. The van der Waals surface area contributed by atoms with Gasteiger partial charge in [-0.15, -0.1) is 0 Å². The molecule has 0 fully saturated rings. The van der Waals surface area contributed by atoms with Gasteiger partial charge in [-0.1, -0.05) is 47.5 Å². The summed E-state index contributed by atoms with van der Waals surface area (Å²) in [7, 11) is 0. The third-order valence-electron chi connectivity index (χ3n) is 2.38. The second kappa shape index (κ2) is 5.62. The Morgan fingerprint density at radius 2 is 1.55 bits per heavy atom. The van der Waals surface area contributed by atoms with E-state index in [1.807, 2.05) is 0 Å². The van der Waals surface area contributed by atoms with E-state index in [1.165, 1.54) is 19.3 Å². The highest BCUT2D eigenvalue weighted by atomic mass is 14.2. The van der Waals surface area contributed by atoms with Gasteiger partial charge in [0.15, 0.2) is 0 Å². The molecule has 0 aliphatic rings. The normalized spacial score (nSPS) is 14.5. The first-order chi connectivity index (χ1) is 5.07. The molecule has 0 aliphatic heterocycles. The molecule has 11 heavy (non-hydrogen) atoms. The molecule has 0 spiro atoms. The monoisotopic (exact) mass is 156 g/mol. The first-order valence-corrected chi connectivity index (χ1v) is 5.07. The lowest BCUT2D eigenvalue weighted by atomic mass is 9.84. The minimum atomic E-state index is 0.869. The van der Waals surface area contributed by atoms with Crippen LogP contribution in [0.5, 0.6) is 0 Å². The minimum Gasteiger partial charge on any atom is -0.0654 e. The molecule has 1 atom stereocenters. The van der Waals surface area contributed by atoms with E-state index in [1.54, 1.807) is 0 Å². The van der Waals surface area contributed by atoms with Gasteiger partial charge in [-0.2, -0.15) is 0 Å². The standard InChI is InChI=1S/C11H24/c1-6-7-11(10(4)5)8-9(2)3/h9-11H,6-8H2,1-5H3. The number of hydrogen-bond acceptors (Lipinski definition) is 0. The van der Waals surface area contributed by atoms with Gasteiger partial charge in [0.25, 0.3) is 0 Å². The van der Waals surface area contributed by atoms with Crippen molar-refractivity contribution in [2.75, 3.05) is 0 Å². The molecule has 0 aliphatic carbocycles. The average molecular weight is 156 g/mol. The maximum absolute atomic E-state index is 2.35. The van der Waals surface area contributed by atoms with Crippen molar-refractivity contribution < 1.29 is 0 Å². The van der Waals surface area contributed by atoms with E-state index in [0.29, 0.717) is 0 Å². The highest BCUT2D eigenvalue weighted by Gasteiger charge is 2.13. The van der Waals surface area contributed by atoms with Crippen molar-refractivity contribution in [3.8, 4) is 0 Å². The van der Waals surface area contributed by atoms with Gasteiger partial charge in [-0.3, -0.25) is 0 Å². The lowest BCUT2D eigenvalue weighted by molar-refractivity contribution is 0.296. The smallest absolute Gasteiger partial charge is 0.0389 e. The largest absolute Gasteiger partial charge is 0.0654 e. The van der Waals surface area contributed by atoms with Gasteiger partial charge in [0.05, 0.1) is 0 Å². The van der Waals surface area contributed by atoms with Crippen LogP contribution in [0.2, 0.25) is 0 Å². The van der Waals surface area contributed by atoms with Crippen LogP contribution in [0.3, 0.4) is 0 Å². The predicted molar refractivity (Wildman–Crippen MR) is 52.7 cm³/mol. The molecule has 0 heteroatoms. The first kappa shape index (κ1) is 11.0. The fraction of sp³-hybridized carbons (Fsp3) is 1.00. The summed E-state index contributed by atoms with van der Waals surface area (Å²) in [6.45, 7) is 11.6. The van der Waals surface area contributed by atoms with Gasteiger partial charge >= 0.3 is 0 Å². The Morgan fingerprint density at radius 3 is 1.82 bits per heavy atom. The van der Waals surface area contributed by atoms with Crippen LogP contribution in [-0.4, -0.2) is 0 Å². The molecule has 0 heterocycles. The molecule has 0 saturated carbocycles. The average Bonchev–Trinajstić information content (AvgIpc) is 1.86. The summed E-state index contributed by atoms with van der Waals surface area (Å²) in [5.74, 6) is 2.70. The molecule has 1 unspecified atom stereocenters. The summed E-state index contributed by atoms with van der Waals surface area (Å²) < 4.78 is 0. The second-order valence-corrected chi connectivity index (χ2v) is 4.42. The molecule has 68 valence electrons. The summed E-state index contributed by atoms with van der Waals surface area (Å²) in [6.07, 6.45) is 4.16. The lowest BCUT2D eigenvalue weighted by Crippen LogP contribution is -2.11. The van der Waals surface area contributed by atoms with Crippen molar-refractivity contribution in [2.24, 2.45) is 17.8 Å². The maximum atomic E-state index is 2.35. The van der Waals surface area contributed by atoms with Crippen molar-refractivity contribution in [2.45, 2.75) is 53.9 Å². The van der Waals surface area contributed by atoms with Crippen molar-refractivity contribution in [1.29, 1.82) is 0 Å². The molecular weight excluding hydrogens is 132 g/mol. The molecule has 0 amide bonds. The highest BCUT2D eigenvalue weighted by Crippen LogP contribution is 2.24. The second-order valence-electron chi connectivity index (χ2n) is 4.42. The van der Waals surface area contributed by atoms with Crippen LogP contribution in [0.15, 0.2) is 0 Å². The Balaban J connectivity index is 3.69. The Morgan fingerprint density at radius 1 is 1.00 bits per heavy atom. The van der Waals surface area contributed by atoms with Crippen LogP contribution in [0.25, 0.3) is 0 Å². The molecule has 0 rings (SSSR count). The van der Waals surface area contributed by atoms with E-state index in [-0.39, 0.29) is 0 Å². The van der Waals surface area contributed by atoms with Gasteiger partial charge in [0, 0.05) is 0 Å². The molecule has 0 aromatic carbocycles. The molecule has 0 aromatic heterocycles.